The number of fused-ring (bicyclic) bond motifs is 1. The summed E-state index contributed by atoms with van der Waals surface area (Å²) in [5.41, 5.74) is 1.59. The van der Waals surface area contributed by atoms with Gasteiger partial charge in [-0.2, -0.15) is 4.98 Å². The van der Waals surface area contributed by atoms with Gasteiger partial charge in [-0.15, -0.1) is 0 Å². The maximum absolute atomic E-state index is 9.84. The van der Waals surface area contributed by atoms with Crippen molar-refractivity contribution in [3.63, 3.8) is 0 Å². The molecule has 1 unspecified atom stereocenters. The number of phenols is 1. The highest BCUT2D eigenvalue weighted by molar-refractivity contribution is 5.61. The summed E-state index contributed by atoms with van der Waals surface area (Å²) in [4.78, 5) is 4.40. The van der Waals surface area contributed by atoms with Crippen molar-refractivity contribution < 1.29 is 14.4 Å². The van der Waals surface area contributed by atoms with Gasteiger partial charge in [-0.3, -0.25) is 0 Å². The van der Waals surface area contributed by atoms with Crippen LogP contribution in [0.5, 0.6) is 11.5 Å². The molecule has 0 spiro atoms. The molecule has 1 atom stereocenters. The Bertz CT molecular complexity index is 797. The molecule has 0 aliphatic carbocycles. The highest BCUT2D eigenvalue weighted by Crippen LogP contribution is 2.37. The highest BCUT2D eigenvalue weighted by atomic mass is 16.5. The molecule has 0 radical (unpaired) electrons. The highest BCUT2D eigenvalue weighted by Gasteiger charge is 2.29. The van der Waals surface area contributed by atoms with E-state index in [1.54, 1.807) is 18.2 Å². The fraction of sp³-hybridized carbons (Fsp3) is 0.125. The van der Waals surface area contributed by atoms with Crippen LogP contribution >= 0.6 is 0 Å². The third-order valence-electron chi connectivity index (χ3n) is 3.59. The van der Waals surface area contributed by atoms with Gasteiger partial charge in [-0.1, -0.05) is 35.5 Å². The van der Waals surface area contributed by atoms with E-state index in [2.05, 4.69) is 10.1 Å². The van der Waals surface area contributed by atoms with Crippen LogP contribution in [0.15, 0.2) is 53.1 Å². The van der Waals surface area contributed by atoms with E-state index in [0.717, 1.165) is 11.3 Å². The number of hydrogen-bond acceptors (Lipinski definition) is 5. The predicted molar refractivity (Wildman–Crippen MR) is 75.2 cm³/mol. The predicted octanol–water partition coefficient (Wildman–Crippen LogP) is 2.97. The summed E-state index contributed by atoms with van der Waals surface area (Å²) in [6, 6.07) is 14.7. The van der Waals surface area contributed by atoms with Crippen LogP contribution in [0.2, 0.25) is 0 Å². The molecule has 0 fully saturated rings. The standard InChI is InChI=1S/C16H12N2O3/c19-13-7-3-1-6-11(13)16-17-15(18-21-16)12-9-20-14-8-4-2-5-10(12)14/h1-8,12,19H,9H2. The zero-order chi connectivity index (χ0) is 14.2. The third-order valence-corrected chi connectivity index (χ3v) is 3.59. The van der Waals surface area contributed by atoms with Gasteiger partial charge in [0.25, 0.3) is 5.89 Å². The molecule has 5 heteroatoms. The number of phenolic OH excluding ortho intramolecular Hbond substituents is 1. The number of para-hydroxylation sites is 2. The molecular formula is C16H12N2O3. The second-order valence-electron chi connectivity index (χ2n) is 4.88. The molecule has 0 amide bonds. The molecule has 3 aromatic rings. The van der Waals surface area contributed by atoms with E-state index in [0.29, 0.717) is 23.9 Å². The molecule has 21 heavy (non-hydrogen) atoms. The van der Waals surface area contributed by atoms with Gasteiger partial charge >= 0.3 is 0 Å². The maximum Gasteiger partial charge on any atom is 0.261 e. The molecule has 2 aromatic carbocycles. The van der Waals surface area contributed by atoms with Gasteiger partial charge in [0, 0.05) is 5.56 Å². The van der Waals surface area contributed by atoms with E-state index in [1.807, 2.05) is 30.3 Å². The van der Waals surface area contributed by atoms with Gasteiger partial charge < -0.3 is 14.4 Å². The van der Waals surface area contributed by atoms with Crippen LogP contribution in [-0.2, 0) is 0 Å². The largest absolute Gasteiger partial charge is 0.507 e. The Morgan fingerprint density at radius 1 is 1.05 bits per heavy atom. The first kappa shape index (κ1) is 12.0. The zero-order valence-corrected chi connectivity index (χ0v) is 11.1. The van der Waals surface area contributed by atoms with Crippen LogP contribution in [-0.4, -0.2) is 21.9 Å². The van der Waals surface area contributed by atoms with Gasteiger partial charge in [-0.25, -0.2) is 0 Å². The minimum absolute atomic E-state index is 0.0374. The Balaban J connectivity index is 1.72. The molecule has 2 heterocycles. The number of nitrogens with zero attached hydrogens (tertiary/aromatic N) is 2. The van der Waals surface area contributed by atoms with Crippen LogP contribution in [0.25, 0.3) is 11.5 Å². The average molecular weight is 280 g/mol. The lowest BCUT2D eigenvalue weighted by molar-refractivity contribution is 0.334. The van der Waals surface area contributed by atoms with E-state index in [4.69, 9.17) is 9.26 Å². The molecule has 1 aliphatic rings. The normalized spacial score (nSPS) is 16.5. The molecule has 1 N–H and O–H groups in total. The fourth-order valence-electron chi connectivity index (χ4n) is 2.52. The molecule has 4 rings (SSSR count). The second-order valence-corrected chi connectivity index (χ2v) is 4.88. The Labute approximate surface area is 120 Å². The third kappa shape index (κ3) is 1.94. The second kappa shape index (κ2) is 4.63. The van der Waals surface area contributed by atoms with E-state index in [1.165, 1.54) is 0 Å². The van der Waals surface area contributed by atoms with Crippen LogP contribution in [0.3, 0.4) is 0 Å². The van der Waals surface area contributed by atoms with Crippen molar-refractivity contribution in [3.8, 4) is 23.0 Å². The van der Waals surface area contributed by atoms with Crippen molar-refractivity contribution in [2.24, 2.45) is 0 Å². The number of benzene rings is 2. The Kier molecular flexibility index (Phi) is 2.64. The Morgan fingerprint density at radius 3 is 2.76 bits per heavy atom. The number of rotatable bonds is 2. The summed E-state index contributed by atoms with van der Waals surface area (Å²) in [6.07, 6.45) is 0. The lowest BCUT2D eigenvalue weighted by Crippen LogP contribution is -2.04. The van der Waals surface area contributed by atoms with E-state index < -0.39 is 0 Å². The van der Waals surface area contributed by atoms with Gasteiger partial charge in [0.15, 0.2) is 5.82 Å². The summed E-state index contributed by atoms with van der Waals surface area (Å²) in [5.74, 6) is 1.82. The first-order valence-electron chi connectivity index (χ1n) is 6.66. The summed E-state index contributed by atoms with van der Waals surface area (Å²) < 4.78 is 10.9. The van der Waals surface area contributed by atoms with Crippen molar-refractivity contribution in [1.29, 1.82) is 0 Å². The summed E-state index contributed by atoms with van der Waals surface area (Å²) in [7, 11) is 0. The summed E-state index contributed by atoms with van der Waals surface area (Å²) in [6.45, 7) is 0.499. The minimum atomic E-state index is -0.0374. The quantitative estimate of drug-likeness (QED) is 0.781. The lowest BCUT2D eigenvalue weighted by atomic mass is 10.0. The van der Waals surface area contributed by atoms with Crippen LogP contribution < -0.4 is 4.74 Å². The van der Waals surface area contributed by atoms with Gasteiger partial charge in [-0.05, 0) is 18.2 Å². The van der Waals surface area contributed by atoms with Gasteiger partial charge in [0.2, 0.25) is 0 Å². The van der Waals surface area contributed by atoms with Crippen molar-refractivity contribution in [2.75, 3.05) is 6.61 Å². The number of aromatic nitrogens is 2. The molecule has 1 aliphatic heterocycles. The monoisotopic (exact) mass is 280 g/mol. The molecule has 1 aromatic heterocycles. The van der Waals surface area contributed by atoms with Crippen molar-refractivity contribution in [3.05, 3.63) is 59.9 Å². The number of aromatic hydroxyl groups is 1. The van der Waals surface area contributed by atoms with Crippen molar-refractivity contribution in [2.45, 2.75) is 5.92 Å². The first-order chi connectivity index (χ1) is 10.3. The minimum Gasteiger partial charge on any atom is -0.507 e. The molecule has 5 nitrogen and oxygen atoms in total. The van der Waals surface area contributed by atoms with E-state index in [-0.39, 0.29) is 11.7 Å². The van der Waals surface area contributed by atoms with Crippen LogP contribution in [0.1, 0.15) is 17.3 Å². The SMILES string of the molecule is Oc1ccccc1-c1nc(C2COc3ccccc32)no1. The average Bonchev–Trinajstić information content (AvgIpc) is 3.14. The van der Waals surface area contributed by atoms with Crippen molar-refractivity contribution >= 4 is 0 Å². The molecule has 0 saturated heterocycles. The summed E-state index contributed by atoms with van der Waals surface area (Å²) in [5, 5.41) is 13.9. The smallest absolute Gasteiger partial charge is 0.261 e. The number of ether oxygens (including phenoxy) is 1. The Hall–Kier alpha value is -2.82. The zero-order valence-electron chi connectivity index (χ0n) is 11.1. The molecular weight excluding hydrogens is 268 g/mol. The van der Waals surface area contributed by atoms with Crippen LogP contribution in [0.4, 0.5) is 0 Å². The van der Waals surface area contributed by atoms with Gasteiger partial charge in [0.05, 0.1) is 11.5 Å². The molecule has 0 saturated carbocycles. The summed E-state index contributed by atoms with van der Waals surface area (Å²) >= 11 is 0. The lowest BCUT2D eigenvalue weighted by Gasteiger charge is -2.01. The van der Waals surface area contributed by atoms with Gasteiger partial charge in [0.1, 0.15) is 18.1 Å². The fourth-order valence-corrected chi connectivity index (χ4v) is 2.52. The molecule has 104 valence electrons. The Morgan fingerprint density at radius 2 is 1.86 bits per heavy atom. The van der Waals surface area contributed by atoms with Crippen molar-refractivity contribution in [1.82, 2.24) is 10.1 Å². The van der Waals surface area contributed by atoms with E-state index >= 15 is 0 Å². The topological polar surface area (TPSA) is 68.4 Å². The first-order valence-corrected chi connectivity index (χ1v) is 6.66. The maximum atomic E-state index is 9.84. The number of hydrogen-bond donors (Lipinski definition) is 1. The molecule has 0 bridgehead atoms. The van der Waals surface area contributed by atoms with Crippen LogP contribution in [0, 0.1) is 0 Å². The van der Waals surface area contributed by atoms with E-state index in [9.17, 15) is 5.11 Å².